The molecule has 0 unspecified atom stereocenters. The molecule has 1 aliphatic heterocycles. The SMILES string of the molecule is CN(C)c1ccc(CN2CCNCC2)cc1Cl. The Kier molecular flexibility index (Phi) is 4.26. The zero-order valence-corrected chi connectivity index (χ0v) is 11.3. The van der Waals surface area contributed by atoms with Crippen LogP contribution in [-0.4, -0.2) is 45.2 Å². The van der Waals surface area contributed by atoms with Crippen molar-refractivity contribution in [1.82, 2.24) is 10.2 Å². The summed E-state index contributed by atoms with van der Waals surface area (Å²) in [7, 11) is 4.02. The number of nitrogens with zero attached hydrogens (tertiary/aromatic N) is 2. The second-order valence-electron chi connectivity index (χ2n) is 4.71. The van der Waals surface area contributed by atoms with Gasteiger partial charge in [-0.15, -0.1) is 0 Å². The summed E-state index contributed by atoms with van der Waals surface area (Å²) < 4.78 is 0. The molecule has 0 aromatic heterocycles. The average Bonchev–Trinajstić information content (AvgIpc) is 2.30. The number of rotatable bonds is 3. The fraction of sp³-hybridized carbons (Fsp3) is 0.538. The Labute approximate surface area is 108 Å². The van der Waals surface area contributed by atoms with E-state index in [-0.39, 0.29) is 0 Å². The van der Waals surface area contributed by atoms with Crippen LogP contribution in [0.5, 0.6) is 0 Å². The molecule has 17 heavy (non-hydrogen) atoms. The third-order valence-electron chi connectivity index (χ3n) is 3.11. The summed E-state index contributed by atoms with van der Waals surface area (Å²) in [6.07, 6.45) is 0. The largest absolute Gasteiger partial charge is 0.376 e. The van der Waals surface area contributed by atoms with Gasteiger partial charge in [0.1, 0.15) is 0 Å². The lowest BCUT2D eigenvalue weighted by Crippen LogP contribution is -2.42. The molecule has 0 amide bonds. The molecular formula is C13H20ClN3. The van der Waals surface area contributed by atoms with Gasteiger partial charge in [0.2, 0.25) is 0 Å². The molecule has 1 saturated heterocycles. The topological polar surface area (TPSA) is 18.5 Å². The average molecular weight is 254 g/mol. The predicted octanol–water partition coefficient (Wildman–Crippen LogP) is 1.81. The Bertz CT molecular complexity index is 373. The molecule has 0 bridgehead atoms. The van der Waals surface area contributed by atoms with Gasteiger partial charge in [0.05, 0.1) is 10.7 Å². The van der Waals surface area contributed by atoms with Crippen LogP contribution in [0, 0.1) is 0 Å². The summed E-state index contributed by atoms with van der Waals surface area (Å²) in [6, 6.07) is 6.35. The van der Waals surface area contributed by atoms with E-state index in [0.717, 1.165) is 43.4 Å². The van der Waals surface area contributed by atoms with Crippen molar-refractivity contribution in [2.75, 3.05) is 45.2 Å². The Morgan fingerprint density at radius 3 is 2.59 bits per heavy atom. The van der Waals surface area contributed by atoms with Gasteiger partial charge in [0.25, 0.3) is 0 Å². The van der Waals surface area contributed by atoms with Crippen molar-refractivity contribution in [3.8, 4) is 0 Å². The van der Waals surface area contributed by atoms with E-state index in [2.05, 4.69) is 28.4 Å². The number of benzene rings is 1. The summed E-state index contributed by atoms with van der Waals surface area (Å²) in [5.74, 6) is 0. The van der Waals surface area contributed by atoms with Crippen molar-refractivity contribution in [1.29, 1.82) is 0 Å². The van der Waals surface area contributed by atoms with Crippen molar-refractivity contribution >= 4 is 17.3 Å². The maximum atomic E-state index is 6.27. The predicted molar refractivity (Wildman–Crippen MR) is 73.9 cm³/mol. The van der Waals surface area contributed by atoms with E-state index >= 15 is 0 Å². The zero-order valence-electron chi connectivity index (χ0n) is 10.5. The summed E-state index contributed by atoms with van der Waals surface area (Å²) in [5, 5.41) is 4.20. The van der Waals surface area contributed by atoms with Gasteiger partial charge < -0.3 is 10.2 Å². The molecule has 2 rings (SSSR count). The number of halogens is 1. The highest BCUT2D eigenvalue weighted by molar-refractivity contribution is 6.33. The summed E-state index contributed by atoms with van der Waals surface area (Å²) >= 11 is 6.27. The van der Waals surface area contributed by atoms with Gasteiger partial charge in [0.15, 0.2) is 0 Å². The first-order valence-electron chi connectivity index (χ1n) is 6.05. The molecule has 0 saturated carbocycles. The smallest absolute Gasteiger partial charge is 0.0642 e. The molecule has 1 heterocycles. The van der Waals surface area contributed by atoms with Crippen LogP contribution in [0.15, 0.2) is 18.2 Å². The second kappa shape index (κ2) is 5.71. The van der Waals surface area contributed by atoms with E-state index < -0.39 is 0 Å². The summed E-state index contributed by atoms with van der Waals surface area (Å²) in [5.41, 5.74) is 2.37. The van der Waals surface area contributed by atoms with E-state index in [0.29, 0.717) is 0 Å². The van der Waals surface area contributed by atoms with Gasteiger partial charge in [-0.1, -0.05) is 17.7 Å². The van der Waals surface area contributed by atoms with Gasteiger partial charge in [-0.25, -0.2) is 0 Å². The molecule has 4 heteroatoms. The van der Waals surface area contributed by atoms with Crippen molar-refractivity contribution in [2.24, 2.45) is 0 Å². The number of nitrogens with one attached hydrogen (secondary N) is 1. The molecule has 94 valence electrons. The van der Waals surface area contributed by atoms with Crippen LogP contribution < -0.4 is 10.2 Å². The normalized spacial score (nSPS) is 17.1. The molecule has 1 aromatic rings. The lowest BCUT2D eigenvalue weighted by Gasteiger charge is -2.27. The zero-order chi connectivity index (χ0) is 12.3. The van der Waals surface area contributed by atoms with Crippen molar-refractivity contribution in [3.05, 3.63) is 28.8 Å². The molecule has 1 aromatic carbocycles. The number of anilines is 1. The molecule has 1 fully saturated rings. The Hall–Kier alpha value is -0.770. The van der Waals surface area contributed by atoms with Crippen LogP contribution in [0.1, 0.15) is 5.56 Å². The fourth-order valence-electron chi connectivity index (χ4n) is 2.14. The van der Waals surface area contributed by atoms with Gasteiger partial charge >= 0.3 is 0 Å². The fourth-order valence-corrected chi connectivity index (χ4v) is 2.51. The molecule has 0 aliphatic carbocycles. The van der Waals surface area contributed by atoms with Crippen molar-refractivity contribution in [2.45, 2.75) is 6.54 Å². The molecule has 1 N–H and O–H groups in total. The van der Waals surface area contributed by atoms with E-state index in [1.165, 1.54) is 5.56 Å². The lowest BCUT2D eigenvalue weighted by molar-refractivity contribution is 0.233. The van der Waals surface area contributed by atoms with Gasteiger partial charge in [-0.2, -0.15) is 0 Å². The minimum absolute atomic E-state index is 0.836. The highest BCUT2D eigenvalue weighted by atomic mass is 35.5. The number of hydrogen-bond acceptors (Lipinski definition) is 3. The van der Waals surface area contributed by atoms with Gasteiger partial charge in [0, 0.05) is 46.8 Å². The molecule has 0 spiro atoms. The third kappa shape index (κ3) is 3.35. The van der Waals surface area contributed by atoms with E-state index in [4.69, 9.17) is 11.6 Å². The van der Waals surface area contributed by atoms with Crippen LogP contribution in [0.4, 0.5) is 5.69 Å². The van der Waals surface area contributed by atoms with Crippen LogP contribution >= 0.6 is 11.6 Å². The van der Waals surface area contributed by atoms with Crippen LogP contribution in [-0.2, 0) is 6.54 Å². The number of hydrogen-bond donors (Lipinski definition) is 1. The maximum Gasteiger partial charge on any atom is 0.0642 e. The second-order valence-corrected chi connectivity index (χ2v) is 5.11. The van der Waals surface area contributed by atoms with Crippen LogP contribution in [0.3, 0.4) is 0 Å². The Morgan fingerprint density at radius 1 is 1.29 bits per heavy atom. The highest BCUT2D eigenvalue weighted by Gasteiger charge is 2.11. The van der Waals surface area contributed by atoms with Crippen LogP contribution in [0.2, 0.25) is 5.02 Å². The molecule has 0 radical (unpaired) electrons. The maximum absolute atomic E-state index is 6.27. The minimum Gasteiger partial charge on any atom is -0.376 e. The standard InChI is InChI=1S/C13H20ClN3/c1-16(2)13-4-3-11(9-12(13)14)10-17-7-5-15-6-8-17/h3-4,9,15H,5-8,10H2,1-2H3. The molecule has 1 aliphatic rings. The molecule has 3 nitrogen and oxygen atoms in total. The first kappa shape index (κ1) is 12.7. The first-order chi connectivity index (χ1) is 8.16. The lowest BCUT2D eigenvalue weighted by atomic mass is 10.1. The molecular weight excluding hydrogens is 234 g/mol. The van der Waals surface area contributed by atoms with Crippen LogP contribution in [0.25, 0.3) is 0 Å². The van der Waals surface area contributed by atoms with Crippen molar-refractivity contribution < 1.29 is 0 Å². The summed E-state index contributed by atoms with van der Waals surface area (Å²) in [4.78, 5) is 4.49. The Balaban J connectivity index is 2.04. The van der Waals surface area contributed by atoms with E-state index in [9.17, 15) is 0 Å². The highest BCUT2D eigenvalue weighted by Crippen LogP contribution is 2.25. The summed E-state index contributed by atoms with van der Waals surface area (Å²) in [6.45, 7) is 5.40. The van der Waals surface area contributed by atoms with Gasteiger partial charge in [-0.3, -0.25) is 4.90 Å². The van der Waals surface area contributed by atoms with E-state index in [1.54, 1.807) is 0 Å². The monoisotopic (exact) mass is 253 g/mol. The molecule has 0 atom stereocenters. The van der Waals surface area contributed by atoms with Gasteiger partial charge in [-0.05, 0) is 17.7 Å². The minimum atomic E-state index is 0.836. The quantitative estimate of drug-likeness (QED) is 0.887. The Morgan fingerprint density at radius 2 is 2.00 bits per heavy atom. The van der Waals surface area contributed by atoms with Crippen molar-refractivity contribution in [3.63, 3.8) is 0 Å². The van der Waals surface area contributed by atoms with E-state index in [1.807, 2.05) is 19.0 Å². The third-order valence-corrected chi connectivity index (χ3v) is 3.41. The first-order valence-corrected chi connectivity index (χ1v) is 6.43. The number of piperazine rings is 1.